The minimum Gasteiger partial charge on any atom is -0.497 e. The zero-order chi connectivity index (χ0) is 18.1. The van der Waals surface area contributed by atoms with E-state index in [1.807, 2.05) is 6.07 Å². The molecule has 134 valence electrons. The minimum absolute atomic E-state index is 0.471. The standard InChI is InChI=1S/C23H25NO2/c1-25-17-9-7-15(8-10-17)21-13-22-16(14-24)11-18(26-2)12-23(22)20-6-4-3-5-19(20)21/h7-12,19-21H,3-6,13H2,1-2H3. The second kappa shape index (κ2) is 7.03. The number of ether oxygens (including phenoxy) is 2. The molecule has 0 aliphatic heterocycles. The van der Waals surface area contributed by atoms with Gasteiger partial charge in [-0.3, -0.25) is 0 Å². The number of nitrogens with zero attached hydrogens (tertiary/aromatic N) is 1. The summed E-state index contributed by atoms with van der Waals surface area (Å²) in [7, 11) is 3.39. The van der Waals surface area contributed by atoms with E-state index in [2.05, 4.69) is 36.4 Å². The summed E-state index contributed by atoms with van der Waals surface area (Å²) in [6.45, 7) is 0. The maximum atomic E-state index is 9.71. The van der Waals surface area contributed by atoms with Crippen LogP contribution in [0.3, 0.4) is 0 Å². The van der Waals surface area contributed by atoms with Gasteiger partial charge in [-0.15, -0.1) is 0 Å². The SMILES string of the molecule is COc1ccc(C2Cc3c(C#N)cc(OC)cc3C3CCCCC23)cc1. The molecular weight excluding hydrogens is 322 g/mol. The first-order chi connectivity index (χ1) is 12.7. The Morgan fingerprint density at radius 1 is 0.923 bits per heavy atom. The van der Waals surface area contributed by atoms with Crippen LogP contribution < -0.4 is 9.47 Å². The van der Waals surface area contributed by atoms with Crippen LogP contribution in [0.5, 0.6) is 11.5 Å². The molecule has 1 saturated carbocycles. The Morgan fingerprint density at radius 3 is 2.35 bits per heavy atom. The Morgan fingerprint density at radius 2 is 1.65 bits per heavy atom. The van der Waals surface area contributed by atoms with Gasteiger partial charge in [-0.25, -0.2) is 0 Å². The zero-order valence-electron chi connectivity index (χ0n) is 15.5. The van der Waals surface area contributed by atoms with Gasteiger partial charge < -0.3 is 9.47 Å². The fourth-order valence-electron chi connectivity index (χ4n) is 5.06. The highest BCUT2D eigenvalue weighted by Crippen LogP contribution is 2.52. The summed E-state index contributed by atoms with van der Waals surface area (Å²) in [5, 5.41) is 9.71. The summed E-state index contributed by atoms with van der Waals surface area (Å²) in [6, 6.07) is 15.0. The third kappa shape index (κ3) is 2.84. The molecule has 26 heavy (non-hydrogen) atoms. The van der Waals surface area contributed by atoms with Gasteiger partial charge in [0.25, 0.3) is 0 Å². The maximum absolute atomic E-state index is 9.71. The zero-order valence-corrected chi connectivity index (χ0v) is 15.5. The average Bonchev–Trinajstić information content (AvgIpc) is 2.72. The van der Waals surface area contributed by atoms with Gasteiger partial charge in [-0.1, -0.05) is 25.0 Å². The molecule has 0 bridgehead atoms. The van der Waals surface area contributed by atoms with E-state index in [-0.39, 0.29) is 0 Å². The van der Waals surface area contributed by atoms with Gasteiger partial charge in [0, 0.05) is 0 Å². The van der Waals surface area contributed by atoms with Gasteiger partial charge in [0.15, 0.2) is 0 Å². The predicted molar refractivity (Wildman–Crippen MR) is 102 cm³/mol. The lowest BCUT2D eigenvalue weighted by molar-refractivity contribution is 0.242. The minimum atomic E-state index is 0.471. The van der Waals surface area contributed by atoms with Crippen LogP contribution in [-0.2, 0) is 6.42 Å². The Bertz CT molecular complexity index is 835. The third-order valence-electron chi connectivity index (χ3n) is 6.32. The van der Waals surface area contributed by atoms with Gasteiger partial charge in [-0.05, 0) is 78.0 Å². The number of hydrogen-bond acceptors (Lipinski definition) is 3. The normalized spacial score (nSPS) is 24.1. The van der Waals surface area contributed by atoms with E-state index in [1.54, 1.807) is 14.2 Å². The molecule has 2 aromatic carbocycles. The van der Waals surface area contributed by atoms with Crippen molar-refractivity contribution in [2.45, 2.75) is 43.9 Å². The second-order valence-electron chi connectivity index (χ2n) is 7.49. The molecule has 0 spiro atoms. The number of nitriles is 1. The molecule has 3 nitrogen and oxygen atoms in total. The lowest BCUT2D eigenvalue weighted by Gasteiger charge is -2.43. The number of hydrogen-bond donors (Lipinski definition) is 0. The monoisotopic (exact) mass is 347 g/mol. The molecule has 0 radical (unpaired) electrons. The second-order valence-corrected chi connectivity index (χ2v) is 7.49. The number of fused-ring (bicyclic) bond motifs is 3. The fraction of sp³-hybridized carbons (Fsp3) is 0.435. The molecule has 0 N–H and O–H groups in total. The van der Waals surface area contributed by atoms with Crippen molar-refractivity contribution >= 4 is 0 Å². The third-order valence-corrected chi connectivity index (χ3v) is 6.32. The molecule has 2 aliphatic carbocycles. The molecule has 0 amide bonds. The smallest absolute Gasteiger partial charge is 0.120 e. The van der Waals surface area contributed by atoms with E-state index in [0.29, 0.717) is 17.8 Å². The van der Waals surface area contributed by atoms with E-state index in [4.69, 9.17) is 9.47 Å². The molecule has 0 saturated heterocycles. The van der Waals surface area contributed by atoms with Crippen LogP contribution in [0.2, 0.25) is 0 Å². The van der Waals surface area contributed by atoms with Crippen LogP contribution in [0.4, 0.5) is 0 Å². The van der Waals surface area contributed by atoms with E-state index < -0.39 is 0 Å². The van der Waals surface area contributed by atoms with Crippen molar-refractivity contribution in [3.8, 4) is 17.6 Å². The molecule has 3 heteroatoms. The highest BCUT2D eigenvalue weighted by Gasteiger charge is 2.39. The van der Waals surface area contributed by atoms with Crippen LogP contribution in [-0.4, -0.2) is 14.2 Å². The molecule has 3 atom stereocenters. The van der Waals surface area contributed by atoms with E-state index in [9.17, 15) is 5.26 Å². The Labute approximate surface area is 155 Å². The first-order valence-electron chi connectivity index (χ1n) is 9.50. The van der Waals surface area contributed by atoms with Gasteiger partial charge >= 0.3 is 0 Å². The maximum Gasteiger partial charge on any atom is 0.120 e. The molecule has 1 fully saturated rings. The van der Waals surface area contributed by atoms with Crippen LogP contribution >= 0.6 is 0 Å². The fourth-order valence-corrected chi connectivity index (χ4v) is 5.06. The van der Waals surface area contributed by atoms with Gasteiger partial charge in [0.1, 0.15) is 11.5 Å². The van der Waals surface area contributed by atoms with Crippen LogP contribution in [0.1, 0.15) is 59.8 Å². The van der Waals surface area contributed by atoms with E-state index >= 15 is 0 Å². The Kier molecular flexibility index (Phi) is 4.59. The number of rotatable bonds is 3. The number of benzene rings is 2. The Balaban J connectivity index is 1.80. The van der Waals surface area contributed by atoms with Crippen LogP contribution in [0.15, 0.2) is 36.4 Å². The first-order valence-corrected chi connectivity index (χ1v) is 9.50. The highest BCUT2D eigenvalue weighted by molar-refractivity contribution is 5.52. The molecule has 2 aliphatic rings. The van der Waals surface area contributed by atoms with Crippen molar-refractivity contribution < 1.29 is 9.47 Å². The van der Waals surface area contributed by atoms with Gasteiger partial charge in [0.05, 0.1) is 25.9 Å². The summed E-state index contributed by atoms with van der Waals surface area (Å²) < 4.78 is 10.8. The lowest BCUT2D eigenvalue weighted by Crippen LogP contribution is -2.31. The lowest BCUT2D eigenvalue weighted by atomic mass is 9.61. The van der Waals surface area contributed by atoms with Crippen molar-refractivity contribution in [1.29, 1.82) is 5.26 Å². The van der Waals surface area contributed by atoms with E-state index in [1.165, 1.54) is 42.4 Å². The van der Waals surface area contributed by atoms with Crippen molar-refractivity contribution in [2.24, 2.45) is 5.92 Å². The summed E-state index contributed by atoms with van der Waals surface area (Å²) in [5.41, 5.74) is 4.74. The van der Waals surface area contributed by atoms with Crippen molar-refractivity contribution in [1.82, 2.24) is 0 Å². The summed E-state index contributed by atoms with van der Waals surface area (Å²) in [5.74, 6) is 3.35. The first kappa shape index (κ1) is 17.0. The predicted octanol–water partition coefficient (Wildman–Crippen LogP) is 5.19. The number of methoxy groups -OCH3 is 2. The average molecular weight is 347 g/mol. The molecule has 0 heterocycles. The Hall–Kier alpha value is -2.47. The van der Waals surface area contributed by atoms with Crippen molar-refractivity contribution in [2.75, 3.05) is 14.2 Å². The molecule has 0 aromatic heterocycles. The quantitative estimate of drug-likeness (QED) is 0.767. The van der Waals surface area contributed by atoms with Gasteiger partial charge in [-0.2, -0.15) is 5.26 Å². The van der Waals surface area contributed by atoms with Crippen molar-refractivity contribution in [3.05, 3.63) is 58.7 Å². The van der Waals surface area contributed by atoms with E-state index in [0.717, 1.165) is 23.5 Å². The highest BCUT2D eigenvalue weighted by atomic mass is 16.5. The molecular formula is C23H25NO2. The summed E-state index contributed by atoms with van der Waals surface area (Å²) in [6.07, 6.45) is 5.99. The summed E-state index contributed by atoms with van der Waals surface area (Å²) in [4.78, 5) is 0. The topological polar surface area (TPSA) is 42.2 Å². The van der Waals surface area contributed by atoms with Crippen LogP contribution in [0, 0.1) is 17.2 Å². The molecule has 2 aromatic rings. The van der Waals surface area contributed by atoms with Gasteiger partial charge in [0.2, 0.25) is 0 Å². The molecule has 4 rings (SSSR count). The molecule has 3 unspecified atom stereocenters. The van der Waals surface area contributed by atoms with Crippen LogP contribution in [0.25, 0.3) is 0 Å². The largest absolute Gasteiger partial charge is 0.497 e. The van der Waals surface area contributed by atoms with Crippen molar-refractivity contribution in [3.63, 3.8) is 0 Å². The summed E-state index contributed by atoms with van der Waals surface area (Å²) >= 11 is 0.